The van der Waals surface area contributed by atoms with Crippen molar-refractivity contribution in [2.24, 2.45) is 5.73 Å². The van der Waals surface area contributed by atoms with Crippen LogP contribution in [-0.2, 0) is 0 Å². The van der Waals surface area contributed by atoms with Gasteiger partial charge in [0, 0.05) is 0 Å². The van der Waals surface area contributed by atoms with Crippen LogP contribution in [0.15, 0.2) is 12.1 Å². The summed E-state index contributed by atoms with van der Waals surface area (Å²) in [5.41, 5.74) is 5.24. The van der Waals surface area contributed by atoms with Crippen LogP contribution >= 0.6 is 0 Å². The third-order valence-electron chi connectivity index (χ3n) is 2.17. The molecular formula is C10H11F4N. The summed E-state index contributed by atoms with van der Waals surface area (Å²) in [5, 5.41) is 0. The van der Waals surface area contributed by atoms with E-state index in [0.717, 1.165) is 12.1 Å². The number of rotatable bonds is 1. The minimum absolute atomic E-state index is 0.112. The largest absolute Gasteiger partial charge is 0.407 e. The average molecular weight is 221 g/mol. The van der Waals surface area contributed by atoms with Crippen LogP contribution < -0.4 is 5.73 Å². The molecule has 1 nitrogen and oxygen atoms in total. The number of halogens is 4. The Morgan fingerprint density at radius 3 is 1.87 bits per heavy atom. The predicted molar refractivity (Wildman–Crippen MR) is 48.9 cm³/mol. The molecule has 2 N–H and O–H groups in total. The minimum atomic E-state index is -4.50. The van der Waals surface area contributed by atoms with E-state index in [1.54, 1.807) is 0 Å². The molecule has 5 heteroatoms. The first-order valence-corrected chi connectivity index (χ1v) is 4.32. The molecule has 0 aliphatic rings. The van der Waals surface area contributed by atoms with Gasteiger partial charge >= 0.3 is 6.18 Å². The Hall–Kier alpha value is -1.10. The number of hydrogen-bond donors (Lipinski definition) is 1. The predicted octanol–water partition coefficient (Wildman–Crippen LogP) is 3.00. The van der Waals surface area contributed by atoms with Crippen molar-refractivity contribution in [3.63, 3.8) is 0 Å². The lowest BCUT2D eigenvalue weighted by Crippen LogP contribution is -2.28. The zero-order valence-electron chi connectivity index (χ0n) is 8.32. The second-order valence-electron chi connectivity index (χ2n) is 3.49. The summed E-state index contributed by atoms with van der Waals surface area (Å²) in [4.78, 5) is 0. The van der Waals surface area contributed by atoms with Crippen LogP contribution in [0.5, 0.6) is 0 Å². The third-order valence-corrected chi connectivity index (χ3v) is 2.17. The molecule has 1 atom stereocenters. The summed E-state index contributed by atoms with van der Waals surface area (Å²) in [6.07, 6.45) is -4.50. The van der Waals surface area contributed by atoms with Crippen molar-refractivity contribution in [1.29, 1.82) is 0 Å². The van der Waals surface area contributed by atoms with Crippen molar-refractivity contribution in [3.05, 3.63) is 34.6 Å². The summed E-state index contributed by atoms with van der Waals surface area (Å²) in [6.45, 7) is 2.82. The second-order valence-corrected chi connectivity index (χ2v) is 3.49. The van der Waals surface area contributed by atoms with Crippen molar-refractivity contribution >= 4 is 0 Å². The van der Waals surface area contributed by atoms with Crippen LogP contribution in [0, 0.1) is 19.7 Å². The highest BCUT2D eigenvalue weighted by Gasteiger charge is 2.38. The molecule has 0 spiro atoms. The maximum absolute atomic E-state index is 13.1. The van der Waals surface area contributed by atoms with Crippen molar-refractivity contribution < 1.29 is 17.6 Å². The lowest BCUT2D eigenvalue weighted by Gasteiger charge is -2.17. The highest BCUT2D eigenvalue weighted by Crippen LogP contribution is 2.31. The van der Waals surface area contributed by atoms with Crippen molar-refractivity contribution in [3.8, 4) is 0 Å². The lowest BCUT2D eigenvalue weighted by molar-refractivity contribution is -0.149. The number of nitrogens with two attached hydrogens (primary N) is 1. The number of hydrogen-bond acceptors (Lipinski definition) is 1. The fourth-order valence-corrected chi connectivity index (χ4v) is 1.35. The summed E-state index contributed by atoms with van der Waals surface area (Å²) in [6, 6.07) is 0.191. The lowest BCUT2D eigenvalue weighted by atomic mass is 10.0. The van der Waals surface area contributed by atoms with Gasteiger partial charge in [0.1, 0.15) is 11.9 Å². The Morgan fingerprint density at radius 1 is 1.13 bits per heavy atom. The fraction of sp³-hybridized carbons (Fsp3) is 0.400. The molecule has 0 fully saturated rings. The first-order valence-electron chi connectivity index (χ1n) is 4.32. The molecule has 0 bridgehead atoms. The molecule has 0 aliphatic heterocycles. The van der Waals surface area contributed by atoms with Gasteiger partial charge in [0.2, 0.25) is 0 Å². The van der Waals surface area contributed by atoms with Gasteiger partial charge in [-0.1, -0.05) is 12.1 Å². The zero-order chi connectivity index (χ0) is 11.8. The second kappa shape index (κ2) is 3.81. The van der Waals surface area contributed by atoms with E-state index in [9.17, 15) is 17.6 Å². The summed E-state index contributed by atoms with van der Waals surface area (Å²) in [7, 11) is 0. The third kappa shape index (κ3) is 2.47. The Balaban J connectivity index is 3.17. The molecule has 1 unspecified atom stereocenters. The van der Waals surface area contributed by atoms with Crippen LogP contribution in [0.3, 0.4) is 0 Å². The van der Waals surface area contributed by atoms with E-state index in [0.29, 0.717) is 0 Å². The average Bonchev–Trinajstić information content (AvgIpc) is 2.10. The van der Waals surface area contributed by atoms with Crippen LogP contribution in [0.2, 0.25) is 0 Å². The molecule has 15 heavy (non-hydrogen) atoms. The van der Waals surface area contributed by atoms with Crippen molar-refractivity contribution in [2.75, 3.05) is 0 Å². The van der Waals surface area contributed by atoms with Gasteiger partial charge in [-0.3, -0.25) is 0 Å². The van der Waals surface area contributed by atoms with Gasteiger partial charge in [-0.15, -0.1) is 0 Å². The van der Waals surface area contributed by atoms with Gasteiger partial charge in [0.25, 0.3) is 0 Å². The van der Waals surface area contributed by atoms with Gasteiger partial charge in [-0.2, -0.15) is 13.2 Å². The van der Waals surface area contributed by atoms with Gasteiger partial charge in [0.05, 0.1) is 0 Å². The fourth-order valence-electron chi connectivity index (χ4n) is 1.35. The zero-order valence-corrected chi connectivity index (χ0v) is 8.32. The maximum atomic E-state index is 13.1. The van der Waals surface area contributed by atoms with E-state index < -0.39 is 18.0 Å². The van der Waals surface area contributed by atoms with Crippen LogP contribution in [0.4, 0.5) is 17.6 Å². The summed E-state index contributed by atoms with van der Waals surface area (Å²) < 4.78 is 50.0. The first-order chi connectivity index (χ1) is 6.73. The monoisotopic (exact) mass is 221 g/mol. The highest BCUT2D eigenvalue weighted by molar-refractivity contribution is 5.32. The SMILES string of the molecule is Cc1cc(C(N)C(F)(F)F)cc(C)c1F. The Bertz CT molecular complexity index is 347. The number of benzene rings is 1. The summed E-state index contributed by atoms with van der Waals surface area (Å²) >= 11 is 0. The van der Waals surface area contributed by atoms with E-state index in [1.165, 1.54) is 13.8 Å². The van der Waals surface area contributed by atoms with E-state index >= 15 is 0 Å². The molecule has 1 aromatic rings. The quantitative estimate of drug-likeness (QED) is 0.725. The Kier molecular flexibility index (Phi) is 3.04. The Labute approximate surface area is 84.9 Å². The minimum Gasteiger partial charge on any atom is -0.316 e. The van der Waals surface area contributed by atoms with E-state index in [2.05, 4.69) is 0 Å². The molecule has 84 valence electrons. The van der Waals surface area contributed by atoms with E-state index in [4.69, 9.17) is 5.73 Å². The molecule has 0 radical (unpaired) electrons. The first kappa shape index (κ1) is 12.0. The molecule has 1 rings (SSSR count). The van der Waals surface area contributed by atoms with Gasteiger partial charge in [-0.25, -0.2) is 4.39 Å². The van der Waals surface area contributed by atoms with Crippen LogP contribution in [-0.4, -0.2) is 6.18 Å². The molecule has 0 heterocycles. The van der Waals surface area contributed by atoms with Crippen LogP contribution in [0.25, 0.3) is 0 Å². The van der Waals surface area contributed by atoms with E-state index in [-0.39, 0.29) is 16.7 Å². The molecule has 0 saturated heterocycles. The molecule has 0 aromatic heterocycles. The smallest absolute Gasteiger partial charge is 0.316 e. The number of aryl methyl sites for hydroxylation is 2. The van der Waals surface area contributed by atoms with Gasteiger partial charge in [-0.05, 0) is 30.5 Å². The van der Waals surface area contributed by atoms with Crippen molar-refractivity contribution in [1.82, 2.24) is 0 Å². The Morgan fingerprint density at radius 2 is 1.53 bits per heavy atom. The van der Waals surface area contributed by atoms with Crippen LogP contribution in [0.1, 0.15) is 22.7 Å². The normalized spacial score (nSPS) is 14.1. The van der Waals surface area contributed by atoms with Gasteiger partial charge in [0.15, 0.2) is 0 Å². The maximum Gasteiger partial charge on any atom is 0.407 e. The topological polar surface area (TPSA) is 26.0 Å². The molecule has 0 aliphatic carbocycles. The number of alkyl halides is 3. The molecular weight excluding hydrogens is 210 g/mol. The molecule has 0 saturated carbocycles. The molecule has 1 aromatic carbocycles. The standard InChI is InChI=1S/C10H11F4N/c1-5-3-7(4-6(2)8(5)11)9(15)10(12,13)14/h3-4,9H,15H2,1-2H3. The van der Waals surface area contributed by atoms with E-state index in [1.807, 2.05) is 0 Å². The molecule has 0 amide bonds. The summed E-state index contributed by atoms with van der Waals surface area (Å²) in [5.74, 6) is -0.492. The highest BCUT2D eigenvalue weighted by atomic mass is 19.4. The van der Waals surface area contributed by atoms with Crippen molar-refractivity contribution in [2.45, 2.75) is 26.1 Å². The van der Waals surface area contributed by atoms with Gasteiger partial charge < -0.3 is 5.73 Å².